The second kappa shape index (κ2) is 7.44. The first-order valence-corrected chi connectivity index (χ1v) is 9.34. The SMILES string of the molecule is COCc1ccc(OS(=O)(=O)C(F)(F)C(F)(F)C(F)(F)S(=O)(=O)OC)cc1. The molecule has 0 aliphatic carbocycles. The molecule has 0 bridgehead atoms. The van der Waals surface area contributed by atoms with Crippen LogP contribution in [0.5, 0.6) is 5.75 Å². The summed E-state index contributed by atoms with van der Waals surface area (Å²) in [5.74, 6) is -7.84. The van der Waals surface area contributed by atoms with Gasteiger partial charge in [0.05, 0.1) is 13.7 Å². The minimum absolute atomic E-state index is 0.00400. The van der Waals surface area contributed by atoms with Crippen LogP contribution in [0.15, 0.2) is 24.3 Å². The fraction of sp³-hybridized carbons (Fsp3) is 0.500. The van der Waals surface area contributed by atoms with E-state index in [-0.39, 0.29) is 13.7 Å². The Balaban J connectivity index is 3.30. The van der Waals surface area contributed by atoms with Crippen LogP contribution < -0.4 is 4.18 Å². The van der Waals surface area contributed by atoms with E-state index in [0.29, 0.717) is 5.56 Å². The second-order valence-corrected chi connectivity index (χ2v) is 8.19. The summed E-state index contributed by atoms with van der Waals surface area (Å²) in [6, 6.07) is 3.78. The van der Waals surface area contributed by atoms with E-state index in [9.17, 15) is 43.2 Å². The Hall–Kier alpha value is -1.58. The Morgan fingerprint density at radius 1 is 0.815 bits per heavy atom. The number of ether oxygens (including phenoxy) is 1. The third kappa shape index (κ3) is 4.00. The van der Waals surface area contributed by atoms with Gasteiger partial charge in [0.25, 0.3) is 0 Å². The summed E-state index contributed by atoms with van der Waals surface area (Å²) in [5.41, 5.74) is 0.414. The number of alkyl halides is 6. The van der Waals surface area contributed by atoms with Crippen molar-refractivity contribution < 1.29 is 56.3 Å². The topological polar surface area (TPSA) is 96.0 Å². The molecule has 0 unspecified atom stereocenters. The lowest BCUT2D eigenvalue weighted by molar-refractivity contribution is -0.247. The van der Waals surface area contributed by atoms with Crippen molar-refractivity contribution in [3.8, 4) is 5.75 Å². The fourth-order valence-corrected chi connectivity index (χ4v) is 3.20. The van der Waals surface area contributed by atoms with Gasteiger partial charge >= 0.3 is 36.7 Å². The summed E-state index contributed by atoms with van der Waals surface area (Å²) >= 11 is 0. The lowest BCUT2D eigenvalue weighted by Crippen LogP contribution is -2.61. The molecule has 0 atom stereocenters. The summed E-state index contributed by atoms with van der Waals surface area (Å²) in [4.78, 5) is 0. The van der Waals surface area contributed by atoms with Crippen molar-refractivity contribution >= 4 is 20.2 Å². The van der Waals surface area contributed by atoms with Crippen LogP contribution in [0.3, 0.4) is 0 Å². The maximum Gasteiger partial charge on any atom is 0.450 e. The molecule has 0 radical (unpaired) electrons. The summed E-state index contributed by atoms with van der Waals surface area (Å²) < 4.78 is 138. The summed E-state index contributed by atoms with van der Waals surface area (Å²) in [5, 5.41) is -13.2. The van der Waals surface area contributed by atoms with Gasteiger partial charge in [-0.25, -0.2) is 0 Å². The molecule has 0 aromatic heterocycles. The zero-order chi connectivity index (χ0) is 21.3. The maximum atomic E-state index is 13.7. The summed E-state index contributed by atoms with van der Waals surface area (Å²) in [7, 11) is -12.0. The predicted octanol–water partition coefficient (Wildman–Crippen LogP) is 2.34. The number of benzene rings is 1. The Labute approximate surface area is 150 Å². The van der Waals surface area contributed by atoms with E-state index in [0.717, 1.165) is 24.3 Å². The molecule has 156 valence electrons. The van der Waals surface area contributed by atoms with Crippen LogP contribution in [0.1, 0.15) is 5.56 Å². The number of halogens is 6. The monoisotopic (exact) mass is 446 g/mol. The molecular weight excluding hydrogens is 434 g/mol. The van der Waals surface area contributed by atoms with E-state index in [2.05, 4.69) is 8.37 Å². The van der Waals surface area contributed by atoms with Crippen LogP contribution in [0, 0.1) is 0 Å². The number of methoxy groups -OCH3 is 1. The molecule has 0 saturated carbocycles. The first-order chi connectivity index (χ1) is 12.1. The third-order valence-electron chi connectivity index (χ3n) is 3.02. The van der Waals surface area contributed by atoms with E-state index < -0.39 is 42.4 Å². The van der Waals surface area contributed by atoms with Crippen molar-refractivity contribution in [3.05, 3.63) is 29.8 Å². The van der Waals surface area contributed by atoms with E-state index in [1.807, 2.05) is 0 Å². The van der Waals surface area contributed by atoms with Crippen LogP contribution in [0.2, 0.25) is 0 Å². The number of rotatable bonds is 9. The van der Waals surface area contributed by atoms with Crippen molar-refractivity contribution in [1.82, 2.24) is 0 Å². The van der Waals surface area contributed by atoms with Gasteiger partial charge in [-0.2, -0.15) is 43.2 Å². The molecule has 1 rings (SSSR count). The maximum absolute atomic E-state index is 13.7. The Kier molecular flexibility index (Phi) is 6.47. The molecule has 0 N–H and O–H groups in total. The lowest BCUT2D eigenvalue weighted by atomic mass is 10.2. The predicted molar refractivity (Wildman–Crippen MR) is 77.5 cm³/mol. The van der Waals surface area contributed by atoms with Gasteiger partial charge in [-0.1, -0.05) is 12.1 Å². The van der Waals surface area contributed by atoms with Gasteiger partial charge in [0.1, 0.15) is 5.75 Å². The average Bonchev–Trinajstić information content (AvgIpc) is 2.55. The highest BCUT2D eigenvalue weighted by molar-refractivity contribution is 7.89. The first-order valence-electron chi connectivity index (χ1n) is 6.53. The van der Waals surface area contributed by atoms with Gasteiger partial charge in [-0.3, -0.25) is 4.18 Å². The van der Waals surface area contributed by atoms with Crippen LogP contribution in [-0.2, 0) is 35.8 Å². The molecule has 1 aromatic rings. The van der Waals surface area contributed by atoms with E-state index in [1.54, 1.807) is 0 Å². The molecule has 0 saturated heterocycles. The van der Waals surface area contributed by atoms with Crippen LogP contribution in [0.4, 0.5) is 26.3 Å². The zero-order valence-corrected chi connectivity index (χ0v) is 15.1. The van der Waals surface area contributed by atoms with Gasteiger partial charge in [0.15, 0.2) is 0 Å². The van der Waals surface area contributed by atoms with Crippen LogP contribution in [0.25, 0.3) is 0 Å². The standard InChI is InChI=1S/C12H12F6O7S2/c1-23-7-8-3-5-9(6-4-8)25-27(21,22)12(17,18)10(13,14)11(15,16)26(19,20)24-2/h3-6H,7H2,1-2H3. The molecule has 0 heterocycles. The Bertz CT molecular complexity index is 866. The highest BCUT2D eigenvalue weighted by atomic mass is 32.2. The largest absolute Gasteiger partial charge is 0.450 e. The molecule has 27 heavy (non-hydrogen) atoms. The van der Waals surface area contributed by atoms with E-state index in [1.165, 1.54) is 7.11 Å². The highest BCUT2D eigenvalue weighted by Crippen LogP contribution is 2.51. The molecule has 1 aromatic carbocycles. The molecule has 0 spiro atoms. The van der Waals surface area contributed by atoms with Gasteiger partial charge in [-0.15, -0.1) is 0 Å². The van der Waals surface area contributed by atoms with Crippen LogP contribution >= 0.6 is 0 Å². The van der Waals surface area contributed by atoms with Crippen molar-refractivity contribution in [2.75, 3.05) is 14.2 Å². The summed E-state index contributed by atoms with van der Waals surface area (Å²) in [6.45, 7) is 0.0301. The quantitative estimate of drug-likeness (QED) is 0.424. The van der Waals surface area contributed by atoms with Crippen molar-refractivity contribution in [3.63, 3.8) is 0 Å². The van der Waals surface area contributed by atoms with Gasteiger partial charge < -0.3 is 8.92 Å². The second-order valence-electron chi connectivity index (χ2n) is 4.84. The normalized spacial score (nSPS) is 14.2. The first kappa shape index (κ1) is 23.5. The molecule has 0 aliphatic heterocycles. The zero-order valence-electron chi connectivity index (χ0n) is 13.5. The van der Waals surface area contributed by atoms with E-state index in [4.69, 9.17) is 4.74 Å². The minimum Gasteiger partial charge on any atom is -0.380 e. The third-order valence-corrected chi connectivity index (χ3v) is 5.64. The molecule has 15 heteroatoms. The summed E-state index contributed by atoms with van der Waals surface area (Å²) in [6.07, 6.45) is 0. The Morgan fingerprint density at radius 2 is 1.26 bits per heavy atom. The minimum atomic E-state index is -6.93. The lowest BCUT2D eigenvalue weighted by Gasteiger charge is -2.30. The molecule has 0 aliphatic rings. The average molecular weight is 446 g/mol. The van der Waals surface area contributed by atoms with Crippen molar-refractivity contribution in [2.45, 2.75) is 23.0 Å². The van der Waals surface area contributed by atoms with E-state index >= 15 is 0 Å². The van der Waals surface area contributed by atoms with Gasteiger partial charge in [0, 0.05) is 7.11 Å². The molecule has 0 amide bonds. The number of hydrogen-bond acceptors (Lipinski definition) is 7. The number of hydrogen-bond donors (Lipinski definition) is 0. The molecule has 0 fully saturated rings. The van der Waals surface area contributed by atoms with Crippen LogP contribution in [-0.4, -0.2) is 47.5 Å². The molecular formula is C12H12F6O7S2. The van der Waals surface area contributed by atoms with Gasteiger partial charge in [0.2, 0.25) is 0 Å². The highest BCUT2D eigenvalue weighted by Gasteiger charge is 2.83. The fourth-order valence-electron chi connectivity index (χ4n) is 1.57. The van der Waals surface area contributed by atoms with Gasteiger partial charge in [-0.05, 0) is 17.7 Å². The van der Waals surface area contributed by atoms with Crippen molar-refractivity contribution in [1.29, 1.82) is 0 Å². The molecule has 7 nitrogen and oxygen atoms in total. The smallest absolute Gasteiger partial charge is 0.380 e. The van der Waals surface area contributed by atoms with Crippen molar-refractivity contribution in [2.24, 2.45) is 0 Å². The Morgan fingerprint density at radius 3 is 1.67 bits per heavy atom.